The summed E-state index contributed by atoms with van der Waals surface area (Å²) in [5.41, 5.74) is 6.51. The van der Waals surface area contributed by atoms with Gasteiger partial charge in [0.05, 0.1) is 13.5 Å². The Morgan fingerprint density at radius 1 is 1.47 bits per heavy atom. The summed E-state index contributed by atoms with van der Waals surface area (Å²) in [6, 6.07) is 4.72. The number of Topliss-reactive ketones (excluding diaryl/α,β-unsaturated/α-hetero) is 1. The van der Waals surface area contributed by atoms with Crippen LogP contribution < -0.4 is 5.73 Å². The van der Waals surface area contributed by atoms with Gasteiger partial charge in [0.25, 0.3) is 0 Å². The van der Waals surface area contributed by atoms with Crippen molar-refractivity contribution >= 4 is 23.1 Å². The van der Waals surface area contributed by atoms with Gasteiger partial charge in [0.15, 0.2) is 11.6 Å². The Morgan fingerprint density at radius 2 is 2.24 bits per heavy atom. The molecule has 0 saturated heterocycles. The number of hydrogen-bond acceptors (Lipinski definition) is 5. The first-order valence-electron chi connectivity index (χ1n) is 4.87. The molecular formula is C10H10ClN5O. The molecule has 0 atom stereocenters. The molecule has 0 amide bonds. The second-order valence-corrected chi connectivity index (χ2v) is 4.00. The molecule has 0 spiro atoms. The highest BCUT2D eigenvalue weighted by molar-refractivity contribution is 6.31. The van der Waals surface area contributed by atoms with Crippen molar-refractivity contribution in [3.8, 4) is 0 Å². The third-order valence-corrected chi connectivity index (χ3v) is 2.33. The maximum Gasteiger partial charge on any atom is 0.182 e. The Bertz CT molecular complexity index is 545. The highest BCUT2D eigenvalue weighted by Crippen LogP contribution is 2.17. The number of aromatic nitrogens is 4. The normalized spacial score (nSPS) is 10.5. The zero-order chi connectivity index (χ0) is 12.4. The molecule has 1 aromatic carbocycles. The zero-order valence-corrected chi connectivity index (χ0v) is 9.85. The standard InChI is InChI=1S/C10H10ClN5O/c1-16-14-10(13-15-16)5-9(17)6-2-7(11)4-8(12)3-6/h2-4H,5,12H2,1H3. The van der Waals surface area contributed by atoms with Crippen LogP contribution in [0, 0.1) is 0 Å². The molecule has 6 nitrogen and oxygen atoms in total. The van der Waals surface area contributed by atoms with Crippen LogP contribution in [0.25, 0.3) is 0 Å². The average Bonchev–Trinajstić information content (AvgIpc) is 2.62. The summed E-state index contributed by atoms with van der Waals surface area (Å²) in [6.07, 6.45) is 0.0770. The van der Waals surface area contributed by atoms with Crippen LogP contribution in [0.3, 0.4) is 0 Å². The molecule has 2 aromatic rings. The van der Waals surface area contributed by atoms with E-state index in [0.29, 0.717) is 22.1 Å². The largest absolute Gasteiger partial charge is 0.399 e. The molecule has 0 fully saturated rings. The molecule has 0 aliphatic carbocycles. The lowest BCUT2D eigenvalue weighted by atomic mass is 10.1. The Morgan fingerprint density at radius 3 is 2.82 bits per heavy atom. The fraction of sp³-hybridized carbons (Fsp3) is 0.200. The minimum absolute atomic E-state index is 0.0770. The van der Waals surface area contributed by atoms with Crippen LogP contribution in [0.15, 0.2) is 18.2 Å². The van der Waals surface area contributed by atoms with E-state index in [4.69, 9.17) is 17.3 Å². The third-order valence-electron chi connectivity index (χ3n) is 2.11. The number of nitrogens with zero attached hydrogens (tertiary/aromatic N) is 4. The van der Waals surface area contributed by atoms with Crippen molar-refractivity contribution < 1.29 is 4.79 Å². The highest BCUT2D eigenvalue weighted by atomic mass is 35.5. The maximum atomic E-state index is 11.9. The van der Waals surface area contributed by atoms with Crippen LogP contribution in [0.2, 0.25) is 5.02 Å². The quantitative estimate of drug-likeness (QED) is 0.646. The molecular weight excluding hydrogens is 242 g/mol. The fourth-order valence-corrected chi connectivity index (χ4v) is 1.66. The number of carbonyl (C=O) groups excluding carboxylic acids is 1. The van der Waals surface area contributed by atoms with E-state index in [1.165, 1.54) is 4.80 Å². The first-order valence-corrected chi connectivity index (χ1v) is 5.24. The minimum Gasteiger partial charge on any atom is -0.399 e. The van der Waals surface area contributed by atoms with Gasteiger partial charge in [-0.1, -0.05) is 11.6 Å². The van der Waals surface area contributed by atoms with E-state index in [-0.39, 0.29) is 12.2 Å². The number of benzene rings is 1. The minimum atomic E-state index is -0.146. The number of tetrazole rings is 1. The van der Waals surface area contributed by atoms with Gasteiger partial charge in [0.2, 0.25) is 0 Å². The summed E-state index contributed by atoms with van der Waals surface area (Å²) in [4.78, 5) is 13.2. The van der Waals surface area contributed by atoms with Crippen molar-refractivity contribution in [1.29, 1.82) is 0 Å². The highest BCUT2D eigenvalue weighted by Gasteiger charge is 2.12. The molecule has 0 aliphatic rings. The van der Waals surface area contributed by atoms with Crippen LogP contribution >= 0.6 is 11.6 Å². The SMILES string of the molecule is Cn1nnc(CC(=O)c2cc(N)cc(Cl)c2)n1. The van der Waals surface area contributed by atoms with Gasteiger partial charge in [-0.05, 0) is 23.4 Å². The van der Waals surface area contributed by atoms with E-state index in [2.05, 4.69) is 15.4 Å². The lowest BCUT2D eigenvalue weighted by molar-refractivity contribution is 0.0990. The number of halogens is 1. The van der Waals surface area contributed by atoms with Crippen LogP contribution in [0.4, 0.5) is 5.69 Å². The van der Waals surface area contributed by atoms with Gasteiger partial charge in [0, 0.05) is 16.3 Å². The molecule has 0 aliphatic heterocycles. The molecule has 2 N–H and O–H groups in total. The lowest BCUT2D eigenvalue weighted by Gasteiger charge is -2.01. The first kappa shape index (κ1) is 11.5. The van der Waals surface area contributed by atoms with E-state index >= 15 is 0 Å². The van der Waals surface area contributed by atoms with E-state index in [1.54, 1.807) is 25.2 Å². The first-order chi connectivity index (χ1) is 8.04. The smallest absolute Gasteiger partial charge is 0.182 e. The second kappa shape index (κ2) is 4.50. The molecule has 2 rings (SSSR count). The van der Waals surface area contributed by atoms with Crippen LogP contribution in [0.5, 0.6) is 0 Å². The number of aryl methyl sites for hydroxylation is 1. The van der Waals surface area contributed by atoms with Crippen molar-refractivity contribution in [2.45, 2.75) is 6.42 Å². The number of ketones is 1. The number of nitrogens with two attached hydrogens (primary N) is 1. The molecule has 1 heterocycles. The topological polar surface area (TPSA) is 86.7 Å². The Hall–Kier alpha value is -1.95. The fourth-order valence-electron chi connectivity index (χ4n) is 1.41. The van der Waals surface area contributed by atoms with E-state index in [9.17, 15) is 4.79 Å². The van der Waals surface area contributed by atoms with Crippen molar-refractivity contribution in [2.24, 2.45) is 7.05 Å². The number of anilines is 1. The molecule has 1 aromatic heterocycles. The van der Waals surface area contributed by atoms with Gasteiger partial charge < -0.3 is 5.73 Å². The molecule has 0 bridgehead atoms. The van der Waals surface area contributed by atoms with Crippen LogP contribution in [-0.4, -0.2) is 26.0 Å². The second-order valence-electron chi connectivity index (χ2n) is 3.57. The van der Waals surface area contributed by atoms with E-state index in [1.807, 2.05) is 0 Å². The van der Waals surface area contributed by atoms with Gasteiger partial charge in [0.1, 0.15) is 0 Å². The van der Waals surface area contributed by atoms with E-state index < -0.39 is 0 Å². The third kappa shape index (κ3) is 2.79. The van der Waals surface area contributed by atoms with Gasteiger partial charge >= 0.3 is 0 Å². The van der Waals surface area contributed by atoms with Crippen LogP contribution in [-0.2, 0) is 13.5 Å². The summed E-state index contributed by atoms with van der Waals surface area (Å²) >= 11 is 5.82. The summed E-state index contributed by atoms with van der Waals surface area (Å²) in [5.74, 6) is 0.225. The lowest BCUT2D eigenvalue weighted by Crippen LogP contribution is -2.06. The molecule has 88 valence electrons. The van der Waals surface area contributed by atoms with E-state index in [0.717, 1.165) is 0 Å². The van der Waals surface area contributed by atoms with Crippen molar-refractivity contribution in [3.63, 3.8) is 0 Å². The summed E-state index contributed by atoms with van der Waals surface area (Å²) in [5, 5.41) is 11.8. The van der Waals surface area contributed by atoms with Crippen molar-refractivity contribution in [1.82, 2.24) is 20.2 Å². The average molecular weight is 252 g/mol. The Balaban J connectivity index is 2.19. The van der Waals surface area contributed by atoms with Gasteiger partial charge in [-0.2, -0.15) is 4.80 Å². The van der Waals surface area contributed by atoms with Gasteiger partial charge in [-0.25, -0.2) is 0 Å². The van der Waals surface area contributed by atoms with Crippen molar-refractivity contribution in [3.05, 3.63) is 34.6 Å². The monoisotopic (exact) mass is 251 g/mol. The molecule has 17 heavy (non-hydrogen) atoms. The molecule has 0 radical (unpaired) electrons. The molecule has 0 unspecified atom stereocenters. The van der Waals surface area contributed by atoms with Crippen molar-refractivity contribution in [2.75, 3.05) is 5.73 Å². The summed E-state index contributed by atoms with van der Waals surface area (Å²) in [6.45, 7) is 0. The van der Waals surface area contributed by atoms with Gasteiger partial charge in [-0.15, -0.1) is 10.2 Å². The maximum absolute atomic E-state index is 11.9. The summed E-state index contributed by atoms with van der Waals surface area (Å²) in [7, 11) is 1.64. The van der Waals surface area contributed by atoms with Gasteiger partial charge in [-0.3, -0.25) is 4.79 Å². The number of hydrogen-bond donors (Lipinski definition) is 1. The number of carbonyl (C=O) groups is 1. The zero-order valence-electron chi connectivity index (χ0n) is 9.09. The predicted octanol–water partition coefficient (Wildman–Crippen LogP) is 0.871. The Kier molecular flexibility index (Phi) is 3.06. The number of rotatable bonds is 3. The molecule has 0 saturated carbocycles. The Labute approximate surface area is 102 Å². The predicted molar refractivity (Wildman–Crippen MR) is 62.7 cm³/mol. The van der Waals surface area contributed by atoms with Crippen LogP contribution in [0.1, 0.15) is 16.2 Å². The number of nitrogen functional groups attached to an aromatic ring is 1. The molecule has 7 heteroatoms. The summed E-state index contributed by atoms with van der Waals surface area (Å²) < 4.78 is 0.